The molecule has 0 aliphatic rings. The Morgan fingerprint density at radius 1 is 0.833 bits per heavy atom. The number of carbonyl (C=O) groups excluding carboxylic acids is 1. The zero-order valence-corrected chi connectivity index (χ0v) is 29.6. The predicted octanol–water partition coefficient (Wildman–Crippen LogP) is 8.59. The Morgan fingerprint density at radius 3 is 1.94 bits per heavy atom. The van der Waals surface area contributed by atoms with Gasteiger partial charge in [0.15, 0.2) is 6.10 Å². The van der Waals surface area contributed by atoms with Gasteiger partial charge in [-0.1, -0.05) is 118 Å². The van der Waals surface area contributed by atoms with Gasteiger partial charge in [-0.3, -0.25) is 0 Å². The molecule has 4 aromatic carbocycles. The Balaban J connectivity index is 1.48. The molecule has 0 aliphatic heterocycles. The van der Waals surface area contributed by atoms with Crippen LogP contribution in [0.1, 0.15) is 56.5 Å². The van der Waals surface area contributed by atoms with Gasteiger partial charge in [0.1, 0.15) is 11.6 Å². The van der Waals surface area contributed by atoms with Gasteiger partial charge < -0.3 is 18.6 Å². The number of ether oxygens (including phenoxy) is 3. The SMILES string of the molecule is COc1ccc(COCC/C=C\C(OC(=O)c2ccccc2)/C(F)=C\C[C@@H](C)O[Si](c2ccccc2)(c2ccccc2)C(C)(C)C)cc1. The molecule has 1 unspecified atom stereocenters. The fourth-order valence-electron chi connectivity index (χ4n) is 5.66. The van der Waals surface area contributed by atoms with Gasteiger partial charge in [-0.15, -0.1) is 0 Å². The van der Waals surface area contributed by atoms with Crippen LogP contribution >= 0.6 is 0 Å². The molecule has 0 fully saturated rings. The summed E-state index contributed by atoms with van der Waals surface area (Å²) < 4.78 is 39.7. The first-order valence-electron chi connectivity index (χ1n) is 16.4. The molecule has 0 saturated carbocycles. The third-order valence-corrected chi connectivity index (χ3v) is 13.3. The molecule has 0 heterocycles. The lowest BCUT2D eigenvalue weighted by Crippen LogP contribution is -2.67. The maximum absolute atomic E-state index is 15.9. The van der Waals surface area contributed by atoms with E-state index in [0.29, 0.717) is 31.6 Å². The Labute approximate surface area is 286 Å². The second kappa shape index (κ2) is 17.7. The number of halogens is 1. The summed E-state index contributed by atoms with van der Waals surface area (Å²) in [5, 5.41) is 2.11. The molecule has 4 rings (SSSR count). The van der Waals surface area contributed by atoms with Crippen molar-refractivity contribution in [1.29, 1.82) is 0 Å². The summed E-state index contributed by atoms with van der Waals surface area (Å²) >= 11 is 0. The van der Waals surface area contributed by atoms with E-state index in [0.717, 1.165) is 21.7 Å². The molecular weight excluding hydrogens is 620 g/mol. The van der Waals surface area contributed by atoms with Crippen LogP contribution in [0.25, 0.3) is 0 Å². The molecule has 0 N–H and O–H groups in total. The maximum Gasteiger partial charge on any atom is 0.339 e. The number of benzene rings is 4. The number of carbonyl (C=O) groups is 1. The highest BCUT2D eigenvalue weighted by Crippen LogP contribution is 2.38. The Morgan fingerprint density at radius 2 is 1.40 bits per heavy atom. The van der Waals surface area contributed by atoms with Crippen LogP contribution in [-0.4, -0.2) is 40.2 Å². The van der Waals surface area contributed by atoms with E-state index < -0.39 is 26.2 Å². The molecule has 5 nitrogen and oxygen atoms in total. The Kier molecular flexibility index (Phi) is 13.5. The fourth-order valence-corrected chi connectivity index (χ4v) is 10.4. The van der Waals surface area contributed by atoms with Gasteiger partial charge in [-0.05, 0) is 77.2 Å². The minimum absolute atomic E-state index is 0.210. The molecule has 48 heavy (non-hydrogen) atoms. The highest BCUT2D eigenvalue weighted by molar-refractivity contribution is 6.99. The summed E-state index contributed by atoms with van der Waals surface area (Å²) in [4.78, 5) is 12.9. The summed E-state index contributed by atoms with van der Waals surface area (Å²) in [5.41, 5.74) is 1.38. The Hall–Kier alpha value is -4.30. The lowest BCUT2D eigenvalue weighted by molar-refractivity contribution is 0.0415. The van der Waals surface area contributed by atoms with Crippen molar-refractivity contribution < 1.29 is 27.8 Å². The minimum Gasteiger partial charge on any atom is -0.497 e. The molecule has 0 radical (unpaired) electrons. The number of hydrogen-bond acceptors (Lipinski definition) is 5. The highest BCUT2D eigenvalue weighted by Gasteiger charge is 2.50. The van der Waals surface area contributed by atoms with E-state index in [9.17, 15) is 4.79 Å². The van der Waals surface area contributed by atoms with E-state index in [4.69, 9.17) is 18.6 Å². The number of hydrogen-bond donors (Lipinski definition) is 0. The standard InChI is InChI=1S/C41H47FO5Si/c1-32(47-48(41(2,3)4,36-19-11-7-12-20-36)37-21-13-8-14-22-37)24-29-38(42)39(46-40(43)34-17-9-6-10-18-34)23-15-16-30-45-31-33-25-27-35(44-5)28-26-33/h6-15,17-23,25-29,32,39H,16,24,30-31H2,1-5H3/b23-15-,38-29+/t32-,39?/m1/s1. The molecule has 2 atom stereocenters. The van der Waals surface area contributed by atoms with E-state index in [-0.39, 0.29) is 11.1 Å². The lowest BCUT2D eigenvalue weighted by Gasteiger charge is -2.44. The monoisotopic (exact) mass is 666 g/mol. The third kappa shape index (κ3) is 9.86. The molecule has 0 bridgehead atoms. The third-order valence-electron chi connectivity index (χ3n) is 8.12. The van der Waals surface area contributed by atoms with Gasteiger partial charge in [0.25, 0.3) is 8.32 Å². The average Bonchev–Trinajstić information content (AvgIpc) is 3.11. The van der Waals surface area contributed by atoms with Crippen LogP contribution in [0, 0.1) is 0 Å². The summed E-state index contributed by atoms with van der Waals surface area (Å²) in [5.74, 6) is -0.356. The summed E-state index contributed by atoms with van der Waals surface area (Å²) in [6, 6.07) is 37.0. The van der Waals surface area contributed by atoms with Crippen LogP contribution in [0.15, 0.2) is 139 Å². The van der Waals surface area contributed by atoms with Gasteiger partial charge in [-0.25, -0.2) is 9.18 Å². The fraction of sp³-hybridized carbons (Fsp3) is 0.293. The molecule has 7 heteroatoms. The van der Waals surface area contributed by atoms with Gasteiger partial charge in [0, 0.05) is 6.10 Å². The van der Waals surface area contributed by atoms with Gasteiger partial charge in [0.2, 0.25) is 0 Å². The highest BCUT2D eigenvalue weighted by atomic mass is 28.4. The molecule has 0 amide bonds. The van der Waals surface area contributed by atoms with Gasteiger partial charge in [0.05, 0.1) is 25.9 Å². The van der Waals surface area contributed by atoms with E-state index in [1.165, 1.54) is 6.08 Å². The van der Waals surface area contributed by atoms with Crippen molar-refractivity contribution in [3.63, 3.8) is 0 Å². The van der Waals surface area contributed by atoms with Crippen molar-refractivity contribution in [2.45, 2.75) is 64.4 Å². The topological polar surface area (TPSA) is 54.0 Å². The second-order valence-electron chi connectivity index (χ2n) is 12.7. The van der Waals surface area contributed by atoms with Crippen molar-refractivity contribution in [2.24, 2.45) is 0 Å². The summed E-state index contributed by atoms with van der Waals surface area (Å²) in [6.07, 6.45) is 4.17. The Bertz CT molecular complexity index is 1560. The van der Waals surface area contributed by atoms with Crippen molar-refractivity contribution in [2.75, 3.05) is 13.7 Å². The molecule has 252 valence electrons. The normalized spacial score (nSPS) is 13.7. The van der Waals surface area contributed by atoms with Crippen molar-refractivity contribution in [1.82, 2.24) is 0 Å². The number of methoxy groups -OCH3 is 1. The first-order chi connectivity index (χ1) is 23.1. The smallest absolute Gasteiger partial charge is 0.339 e. The van der Waals surface area contributed by atoms with Crippen LogP contribution in [0.3, 0.4) is 0 Å². The largest absolute Gasteiger partial charge is 0.497 e. The lowest BCUT2D eigenvalue weighted by atomic mass is 10.2. The average molecular weight is 667 g/mol. The van der Waals surface area contributed by atoms with Crippen LogP contribution in [-0.2, 0) is 20.5 Å². The maximum atomic E-state index is 15.9. The zero-order valence-electron chi connectivity index (χ0n) is 28.6. The predicted molar refractivity (Wildman–Crippen MR) is 194 cm³/mol. The minimum atomic E-state index is -2.82. The van der Waals surface area contributed by atoms with Crippen molar-refractivity contribution >= 4 is 24.7 Å². The van der Waals surface area contributed by atoms with Crippen molar-refractivity contribution in [3.8, 4) is 5.75 Å². The van der Waals surface area contributed by atoms with E-state index in [2.05, 4.69) is 45.0 Å². The molecule has 4 aromatic rings. The summed E-state index contributed by atoms with van der Waals surface area (Å²) in [6.45, 7) is 9.50. The first-order valence-corrected chi connectivity index (χ1v) is 18.3. The van der Waals surface area contributed by atoms with E-state index in [1.807, 2.05) is 73.7 Å². The van der Waals surface area contributed by atoms with Crippen LogP contribution < -0.4 is 15.1 Å². The van der Waals surface area contributed by atoms with Crippen LogP contribution in [0.4, 0.5) is 4.39 Å². The molecule has 0 aromatic heterocycles. The molecule has 0 saturated heterocycles. The quantitative estimate of drug-likeness (QED) is 0.0519. The first kappa shape index (κ1) is 36.5. The van der Waals surface area contributed by atoms with Gasteiger partial charge >= 0.3 is 5.97 Å². The molecule has 0 aliphatic carbocycles. The number of esters is 1. The number of rotatable bonds is 16. The van der Waals surface area contributed by atoms with Crippen molar-refractivity contribution in [3.05, 3.63) is 150 Å². The van der Waals surface area contributed by atoms with Gasteiger partial charge in [-0.2, -0.15) is 0 Å². The zero-order chi connectivity index (χ0) is 34.4. The molecule has 0 spiro atoms. The van der Waals surface area contributed by atoms with Crippen LogP contribution in [0.2, 0.25) is 5.04 Å². The second-order valence-corrected chi connectivity index (χ2v) is 17.0. The van der Waals surface area contributed by atoms with E-state index in [1.54, 1.807) is 43.5 Å². The van der Waals surface area contributed by atoms with E-state index >= 15 is 4.39 Å². The molecular formula is C41H47FO5Si. The summed E-state index contributed by atoms with van der Waals surface area (Å²) in [7, 11) is -1.19. The van der Waals surface area contributed by atoms with Crippen LogP contribution in [0.5, 0.6) is 5.75 Å².